The third kappa shape index (κ3) is 4.29. The molecular weight excluding hydrogens is 356 g/mol. The highest BCUT2D eigenvalue weighted by Gasteiger charge is 2.17. The van der Waals surface area contributed by atoms with E-state index in [9.17, 15) is 0 Å². The Hall–Kier alpha value is -2.82. The summed E-state index contributed by atoms with van der Waals surface area (Å²) in [5, 5.41) is 6.48. The minimum Gasteiger partial charge on any atom is -0.384 e. The Morgan fingerprint density at radius 3 is 1.31 bits per heavy atom. The van der Waals surface area contributed by atoms with Crippen molar-refractivity contribution in [2.75, 3.05) is 30.4 Å². The first kappa shape index (κ1) is 20.9. The Balaban J connectivity index is 2.04. The van der Waals surface area contributed by atoms with E-state index in [4.69, 9.17) is 11.5 Å². The van der Waals surface area contributed by atoms with Gasteiger partial charge in [0.05, 0.1) is 6.67 Å². The van der Waals surface area contributed by atoms with Gasteiger partial charge in [0.1, 0.15) is 0 Å². The molecule has 0 amide bonds. The summed E-state index contributed by atoms with van der Waals surface area (Å²) in [7, 11) is 0. The molecule has 0 aliphatic rings. The summed E-state index contributed by atoms with van der Waals surface area (Å²) in [4.78, 5) is 0. The van der Waals surface area contributed by atoms with E-state index < -0.39 is 0 Å². The molecule has 6 N–H and O–H groups in total. The number of anilines is 2. The Kier molecular flexibility index (Phi) is 6.57. The van der Waals surface area contributed by atoms with E-state index in [0.29, 0.717) is 13.2 Å². The maximum atomic E-state index is 5.58. The summed E-state index contributed by atoms with van der Waals surface area (Å²) in [6.45, 7) is 10.8. The first-order chi connectivity index (χ1) is 14.0. The first-order valence-corrected chi connectivity index (χ1v) is 10.2. The first-order valence-electron chi connectivity index (χ1n) is 10.2. The van der Waals surface area contributed by atoms with Crippen LogP contribution in [0.2, 0.25) is 0 Å². The maximum absolute atomic E-state index is 5.58. The third-order valence-corrected chi connectivity index (χ3v) is 5.75. The zero-order chi connectivity index (χ0) is 21.0. The average Bonchev–Trinajstić information content (AvgIpc) is 2.73. The van der Waals surface area contributed by atoms with Crippen molar-refractivity contribution in [1.82, 2.24) is 0 Å². The van der Waals surface area contributed by atoms with Gasteiger partial charge >= 0.3 is 0 Å². The van der Waals surface area contributed by atoms with Crippen LogP contribution in [0.15, 0.2) is 48.5 Å². The van der Waals surface area contributed by atoms with Crippen LogP contribution in [0, 0.1) is 27.7 Å². The molecule has 3 aromatic rings. The van der Waals surface area contributed by atoms with Gasteiger partial charge in [0.25, 0.3) is 0 Å². The second kappa shape index (κ2) is 9.12. The predicted molar refractivity (Wildman–Crippen MR) is 126 cm³/mol. The van der Waals surface area contributed by atoms with Crippen LogP contribution in [0.3, 0.4) is 0 Å². The third-order valence-electron chi connectivity index (χ3n) is 5.75. The molecule has 3 aromatic carbocycles. The van der Waals surface area contributed by atoms with Gasteiger partial charge in [0, 0.05) is 24.5 Å². The van der Waals surface area contributed by atoms with Gasteiger partial charge in [-0.25, -0.2) is 0 Å². The number of nitrogens with two attached hydrogens (primary N) is 2. The lowest BCUT2D eigenvalue weighted by molar-refractivity contribution is 1.02. The summed E-state index contributed by atoms with van der Waals surface area (Å²) in [6, 6.07) is 17.2. The smallest absolute Gasteiger partial charge is 0.0628 e. The fourth-order valence-corrected chi connectivity index (χ4v) is 4.02. The van der Waals surface area contributed by atoms with Gasteiger partial charge < -0.3 is 22.1 Å². The van der Waals surface area contributed by atoms with E-state index in [1.54, 1.807) is 0 Å². The molecule has 0 aliphatic heterocycles. The van der Waals surface area contributed by atoms with Crippen LogP contribution in [0.25, 0.3) is 22.3 Å². The highest BCUT2D eigenvalue weighted by atomic mass is 15.0. The van der Waals surface area contributed by atoms with Crippen LogP contribution in [0.1, 0.15) is 22.3 Å². The van der Waals surface area contributed by atoms with E-state index in [1.165, 1.54) is 44.5 Å². The molecular formula is C25H32N4. The lowest BCUT2D eigenvalue weighted by Crippen LogP contribution is -2.12. The quantitative estimate of drug-likeness (QED) is 0.432. The molecule has 0 radical (unpaired) electrons. The summed E-state index contributed by atoms with van der Waals surface area (Å²) in [5.41, 5.74) is 23.8. The fraction of sp³-hybridized carbons (Fsp3) is 0.280. The Labute approximate surface area is 174 Å². The maximum Gasteiger partial charge on any atom is 0.0628 e. The molecule has 0 saturated heterocycles. The Morgan fingerprint density at radius 1 is 0.586 bits per heavy atom. The summed E-state index contributed by atoms with van der Waals surface area (Å²) < 4.78 is 0. The van der Waals surface area contributed by atoms with Crippen molar-refractivity contribution in [3.8, 4) is 22.3 Å². The minimum absolute atomic E-state index is 0.435. The molecule has 0 aliphatic carbocycles. The van der Waals surface area contributed by atoms with Crippen LogP contribution in [-0.2, 0) is 0 Å². The summed E-state index contributed by atoms with van der Waals surface area (Å²) in [5.74, 6) is 0. The van der Waals surface area contributed by atoms with E-state index >= 15 is 0 Å². The molecule has 4 nitrogen and oxygen atoms in total. The van der Waals surface area contributed by atoms with E-state index in [0.717, 1.165) is 17.9 Å². The number of rotatable bonds is 7. The SMILES string of the molecule is Cc1c(C)c(-c2ccc(NCCN)cc2)c(C)c(C)c1-c1ccc(NCN)cc1. The van der Waals surface area contributed by atoms with Crippen molar-refractivity contribution < 1.29 is 0 Å². The average molecular weight is 389 g/mol. The van der Waals surface area contributed by atoms with Gasteiger partial charge in [-0.2, -0.15) is 0 Å². The van der Waals surface area contributed by atoms with Crippen LogP contribution >= 0.6 is 0 Å². The number of hydrogen-bond donors (Lipinski definition) is 4. The largest absolute Gasteiger partial charge is 0.384 e. The number of hydrogen-bond acceptors (Lipinski definition) is 4. The van der Waals surface area contributed by atoms with Crippen molar-refractivity contribution in [3.05, 3.63) is 70.8 Å². The van der Waals surface area contributed by atoms with Crippen LogP contribution in [0.5, 0.6) is 0 Å². The summed E-state index contributed by atoms with van der Waals surface area (Å²) >= 11 is 0. The highest BCUT2D eigenvalue weighted by molar-refractivity contribution is 5.83. The van der Waals surface area contributed by atoms with E-state index in [2.05, 4.69) is 86.9 Å². The zero-order valence-corrected chi connectivity index (χ0v) is 17.9. The predicted octanol–water partition coefficient (Wildman–Crippen LogP) is 4.95. The molecule has 152 valence electrons. The van der Waals surface area contributed by atoms with Gasteiger partial charge in [0.2, 0.25) is 0 Å². The molecule has 0 aromatic heterocycles. The van der Waals surface area contributed by atoms with Gasteiger partial charge in [-0.05, 0) is 96.5 Å². The van der Waals surface area contributed by atoms with Crippen molar-refractivity contribution in [2.24, 2.45) is 11.5 Å². The lowest BCUT2D eigenvalue weighted by atomic mass is 9.83. The molecule has 3 rings (SSSR count). The van der Waals surface area contributed by atoms with Gasteiger partial charge in [0.15, 0.2) is 0 Å². The second-order valence-corrected chi connectivity index (χ2v) is 7.50. The number of benzene rings is 3. The Bertz CT molecular complexity index is 944. The lowest BCUT2D eigenvalue weighted by Gasteiger charge is -2.21. The molecule has 0 fully saturated rings. The normalized spacial score (nSPS) is 10.8. The topological polar surface area (TPSA) is 76.1 Å². The van der Waals surface area contributed by atoms with Crippen LogP contribution in [-0.4, -0.2) is 19.8 Å². The fourth-order valence-electron chi connectivity index (χ4n) is 4.02. The second-order valence-electron chi connectivity index (χ2n) is 7.50. The molecule has 0 heterocycles. The van der Waals surface area contributed by atoms with E-state index in [-0.39, 0.29) is 0 Å². The molecule has 0 bridgehead atoms. The van der Waals surface area contributed by atoms with Gasteiger partial charge in [-0.15, -0.1) is 0 Å². The standard InChI is InChI=1S/C25H32N4/c1-16-18(3)25(21-7-11-23(12-8-21)29-15-27)19(4)17(2)24(16)20-5-9-22(10-6-20)28-14-13-26/h5-12,28-29H,13-15,26-27H2,1-4H3. The van der Waals surface area contributed by atoms with Gasteiger partial charge in [-0.3, -0.25) is 0 Å². The summed E-state index contributed by atoms with van der Waals surface area (Å²) in [6.07, 6.45) is 0. The minimum atomic E-state index is 0.435. The van der Waals surface area contributed by atoms with E-state index in [1.807, 2.05) is 0 Å². The zero-order valence-electron chi connectivity index (χ0n) is 17.9. The molecule has 0 unspecified atom stereocenters. The van der Waals surface area contributed by atoms with Crippen LogP contribution < -0.4 is 22.1 Å². The molecule has 29 heavy (non-hydrogen) atoms. The van der Waals surface area contributed by atoms with Crippen LogP contribution in [0.4, 0.5) is 11.4 Å². The molecule has 0 spiro atoms. The monoisotopic (exact) mass is 388 g/mol. The van der Waals surface area contributed by atoms with Crippen molar-refractivity contribution >= 4 is 11.4 Å². The Morgan fingerprint density at radius 2 is 0.966 bits per heavy atom. The molecule has 0 atom stereocenters. The number of nitrogens with one attached hydrogen (secondary N) is 2. The highest BCUT2D eigenvalue weighted by Crippen LogP contribution is 2.39. The molecule has 4 heteroatoms. The van der Waals surface area contributed by atoms with Gasteiger partial charge in [-0.1, -0.05) is 24.3 Å². The van der Waals surface area contributed by atoms with Crippen molar-refractivity contribution in [1.29, 1.82) is 0 Å². The van der Waals surface area contributed by atoms with Crippen molar-refractivity contribution in [3.63, 3.8) is 0 Å². The molecule has 0 saturated carbocycles. The van der Waals surface area contributed by atoms with Crippen molar-refractivity contribution in [2.45, 2.75) is 27.7 Å².